The minimum Gasteiger partial charge on any atom is -0.483 e. The number of ether oxygens (including phenoxy) is 1. The van der Waals surface area contributed by atoms with Gasteiger partial charge in [0.2, 0.25) is 0 Å². The minimum absolute atomic E-state index is 0.0460. The molecule has 1 aromatic rings. The van der Waals surface area contributed by atoms with Gasteiger partial charge in [-0.2, -0.15) is 5.10 Å². The van der Waals surface area contributed by atoms with Crippen LogP contribution in [0.2, 0.25) is 0 Å². The SMILES string of the molecule is CC12CCC(CC1=NNC(=O)COc1ccccc1C(N)=O)C2(C)C. The summed E-state index contributed by atoms with van der Waals surface area (Å²) in [6.45, 7) is 6.60. The molecule has 0 heterocycles. The van der Waals surface area contributed by atoms with E-state index in [1.54, 1.807) is 24.3 Å². The fourth-order valence-electron chi connectivity index (χ4n) is 4.20. The average molecular weight is 343 g/mol. The lowest BCUT2D eigenvalue weighted by Gasteiger charge is -2.34. The first-order valence-electron chi connectivity index (χ1n) is 8.63. The summed E-state index contributed by atoms with van der Waals surface area (Å²) >= 11 is 0. The third kappa shape index (κ3) is 2.90. The average Bonchev–Trinajstić information content (AvgIpc) is 2.91. The first kappa shape index (κ1) is 17.5. The highest BCUT2D eigenvalue weighted by atomic mass is 16.5. The number of fused-ring (bicyclic) bond motifs is 2. The summed E-state index contributed by atoms with van der Waals surface area (Å²) in [4.78, 5) is 23.4. The quantitative estimate of drug-likeness (QED) is 0.804. The summed E-state index contributed by atoms with van der Waals surface area (Å²) in [6.07, 6.45) is 3.28. The van der Waals surface area contributed by atoms with Gasteiger partial charge in [-0.05, 0) is 42.7 Å². The van der Waals surface area contributed by atoms with Crippen molar-refractivity contribution in [3.8, 4) is 5.75 Å². The molecule has 2 saturated carbocycles. The van der Waals surface area contributed by atoms with Gasteiger partial charge < -0.3 is 10.5 Å². The van der Waals surface area contributed by atoms with Gasteiger partial charge in [-0.1, -0.05) is 32.9 Å². The summed E-state index contributed by atoms with van der Waals surface area (Å²) in [5, 5.41) is 4.39. The zero-order valence-electron chi connectivity index (χ0n) is 15.0. The number of primary amides is 1. The fraction of sp³-hybridized carbons (Fsp3) is 0.526. The molecule has 2 bridgehead atoms. The lowest BCUT2D eigenvalue weighted by molar-refractivity contribution is -0.123. The predicted octanol–water partition coefficient (Wildman–Crippen LogP) is 2.48. The Kier molecular flexibility index (Phi) is 4.31. The summed E-state index contributed by atoms with van der Waals surface area (Å²) < 4.78 is 5.42. The Labute approximate surface area is 147 Å². The van der Waals surface area contributed by atoms with Crippen molar-refractivity contribution >= 4 is 17.5 Å². The van der Waals surface area contributed by atoms with E-state index in [0.29, 0.717) is 11.7 Å². The van der Waals surface area contributed by atoms with Crippen LogP contribution in [0.1, 0.15) is 50.4 Å². The molecule has 0 radical (unpaired) electrons. The van der Waals surface area contributed by atoms with Crippen molar-refractivity contribution in [3.63, 3.8) is 0 Å². The van der Waals surface area contributed by atoms with Crippen LogP contribution in [0.3, 0.4) is 0 Å². The molecule has 2 aliphatic carbocycles. The zero-order chi connectivity index (χ0) is 18.2. The van der Waals surface area contributed by atoms with E-state index in [0.717, 1.165) is 18.6 Å². The summed E-state index contributed by atoms with van der Waals surface area (Å²) in [7, 11) is 0. The van der Waals surface area contributed by atoms with Crippen LogP contribution in [-0.2, 0) is 4.79 Å². The molecule has 2 unspecified atom stereocenters. The Morgan fingerprint density at radius 1 is 1.32 bits per heavy atom. The maximum atomic E-state index is 12.1. The van der Waals surface area contributed by atoms with Gasteiger partial charge in [-0.25, -0.2) is 5.43 Å². The molecule has 25 heavy (non-hydrogen) atoms. The number of nitrogens with two attached hydrogens (primary N) is 1. The van der Waals surface area contributed by atoms with Gasteiger partial charge in [-0.15, -0.1) is 0 Å². The molecule has 2 atom stereocenters. The number of amides is 2. The van der Waals surface area contributed by atoms with Crippen molar-refractivity contribution in [3.05, 3.63) is 29.8 Å². The Morgan fingerprint density at radius 3 is 2.64 bits per heavy atom. The van der Waals surface area contributed by atoms with Crippen LogP contribution in [0.5, 0.6) is 5.75 Å². The highest BCUT2D eigenvalue weighted by molar-refractivity contribution is 5.96. The smallest absolute Gasteiger partial charge is 0.277 e. The van der Waals surface area contributed by atoms with Gasteiger partial charge in [0.05, 0.1) is 5.56 Å². The number of nitrogens with one attached hydrogen (secondary N) is 1. The lowest BCUT2D eigenvalue weighted by atomic mass is 9.70. The van der Waals surface area contributed by atoms with Crippen LogP contribution in [-0.4, -0.2) is 24.1 Å². The first-order chi connectivity index (χ1) is 11.8. The molecule has 1 aromatic carbocycles. The van der Waals surface area contributed by atoms with Gasteiger partial charge in [0, 0.05) is 11.1 Å². The van der Waals surface area contributed by atoms with Crippen molar-refractivity contribution in [1.29, 1.82) is 0 Å². The van der Waals surface area contributed by atoms with Crippen molar-refractivity contribution in [1.82, 2.24) is 5.43 Å². The number of carbonyl (C=O) groups is 2. The number of rotatable bonds is 5. The molecule has 2 fully saturated rings. The Bertz CT molecular complexity index is 741. The van der Waals surface area contributed by atoms with E-state index in [1.807, 2.05) is 0 Å². The summed E-state index contributed by atoms with van der Waals surface area (Å²) in [5.74, 6) is -0.0120. The second kappa shape index (κ2) is 6.17. The normalized spacial score (nSPS) is 28.1. The molecule has 6 nitrogen and oxygen atoms in total. The number of para-hydroxylation sites is 1. The molecule has 3 N–H and O–H groups in total. The fourth-order valence-corrected chi connectivity index (χ4v) is 4.20. The highest BCUT2D eigenvalue weighted by Gasteiger charge is 2.59. The molecular weight excluding hydrogens is 318 g/mol. The monoisotopic (exact) mass is 343 g/mol. The molecule has 0 spiro atoms. The standard InChI is InChI=1S/C19H25N3O3/c1-18(2)12-8-9-19(18,3)15(10-12)21-22-16(23)11-25-14-7-5-4-6-13(14)17(20)24/h4-7,12H,8-11H2,1-3H3,(H2,20,24)(H,22,23). The maximum absolute atomic E-state index is 12.1. The van der Waals surface area contributed by atoms with Crippen molar-refractivity contribution in [2.45, 2.75) is 40.0 Å². The van der Waals surface area contributed by atoms with Crippen LogP contribution in [0.15, 0.2) is 29.4 Å². The van der Waals surface area contributed by atoms with Gasteiger partial charge >= 0.3 is 0 Å². The summed E-state index contributed by atoms with van der Waals surface area (Å²) in [5.41, 5.74) is 9.48. The van der Waals surface area contributed by atoms with E-state index >= 15 is 0 Å². The van der Waals surface area contributed by atoms with E-state index in [1.165, 1.54) is 6.42 Å². The highest BCUT2D eigenvalue weighted by Crippen LogP contribution is 2.63. The molecule has 2 amide bonds. The molecule has 6 heteroatoms. The topological polar surface area (TPSA) is 93.8 Å². The van der Waals surface area contributed by atoms with Crippen LogP contribution in [0, 0.1) is 16.7 Å². The largest absolute Gasteiger partial charge is 0.483 e. The van der Waals surface area contributed by atoms with Gasteiger partial charge in [0.15, 0.2) is 6.61 Å². The van der Waals surface area contributed by atoms with E-state index in [4.69, 9.17) is 10.5 Å². The minimum atomic E-state index is -0.589. The third-order valence-corrected chi connectivity index (χ3v) is 6.34. The predicted molar refractivity (Wildman–Crippen MR) is 95.3 cm³/mol. The number of hydrogen-bond acceptors (Lipinski definition) is 4. The van der Waals surface area contributed by atoms with E-state index < -0.39 is 5.91 Å². The van der Waals surface area contributed by atoms with E-state index in [-0.39, 0.29) is 28.9 Å². The second-order valence-electron chi connectivity index (χ2n) is 7.74. The molecule has 0 saturated heterocycles. The molecule has 0 aromatic heterocycles. The number of benzene rings is 1. The summed E-state index contributed by atoms with van der Waals surface area (Å²) in [6, 6.07) is 6.58. The Hall–Kier alpha value is -2.37. The van der Waals surface area contributed by atoms with Crippen LogP contribution in [0.4, 0.5) is 0 Å². The van der Waals surface area contributed by atoms with Gasteiger partial charge in [-0.3, -0.25) is 9.59 Å². The molecule has 3 rings (SSSR count). The van der Waals surface area contributed by atoms with Crippen LogP contribution < -0.4 is 15.9 Å². The first-order valence-corrected chi connectivity index (χ1v) is 8.63. The molecule has 134 valence electrons. The molecule has 2 aliphatic rings. The van der Waals surface area contributed by atoms with Crippen molar-refractivity contribution < 1.29 is 14.3 Å². The van der Waals surface area contributed by atoms with E-state index in [2.05, 4.69) is 31.3 Å². The Morgan fingerprint density at radius 2 is 2.04 bits per heavy atom. The third-order valence-electron chi connectivity index (χ3n) is 6.34. The number of nitrogens with zero attached hydrogens (tertiary/aromatic N) is 1. The zero-order valence-corrected chi connectivity index (χ0v) is 15.0. The van der Waals surface area contributed by atoms with Gasteiger partial charge in [0.25, 0.3) is 11.8 Å². The maximum Gasteiger partial charge on any atom is 0.277 e. The van der Waals surface area contributed by atoms with Crippen molar-refractivity contribution in [2.24, 2.45) is 27.6 Å². The molecule has 0 aliphatic heterocycles. The number of hydrogen-bond donors (Lipinski definition) is 2. The van der Waals surface area contributed by atoms with Gasteiger partial charge in [0.1, 0.15) is 5.75 Å². The Balaban J connectivity index is 1.61. The van der Waals surface area contributed by atoms with E-state index in [9.17, 15) is 9.59 Å². The number of carbonyl (C=O) groups excluding carboxylic acids is 2. The molecular formula is C19H25N3O3. The number of hydrazone groups is 1. The second-order valence-corrected chi connectivity index (χ2v) is 7.74. The van der Waals surface area contributed by atoms with Crippen LogP contribution in [0.25, 0.3) is 0 Å². The van der Waals surface area contributed by atoms with Crippen LogP contribution >= 0.6 is 0 Å². The lowest BCUT2D eigenvalue weighted by Crippen LogP contribution is -2.35. The van der Waals surface area contributed by atoms with Crippen molar-refractivity contribution in [2.75, 3.05) is 6.61 Å².